The van der Waals surface area contributed by atoms with Gasteiger partial charge in [0.05, 0.1) is 10.6 Å². The molecule has 2 amide bonds. The van der Waals surface area contributed by atoms with Crippen molar-refractivity contribution in [1.29, 1.82) is 0 Å². The molecule has 6 heteroatoms. The van der Waals surface area contributed by atoms with Crippen LogP contribution in [-0.2, 0) is 4.79 Å². The van der Waals surface area contributed by atoms with Gasteiger partial charge in [0.2, 0.25) is 5.91 Å². The number of amides is 2. The Morgan fingerprint density at radius 1 is 1.44 bits per heavy atom. The quantitative estimate of drug-likeness (QED) is 0.858. The lowest BCUT2D eigenvalue weighted by atomic mass is 10.1. The first-order chi connectivity index (χ1) is 8.50. The van der Waals surface area contributed by atoms with E-state index in [-0.39, 0.29) is 11.8 Å². The molecule has 2 rings (SSSR count). The van der Waals surface area contributed by atoms with Crippen molar-refractivity contribution in [2.75, 3.05) is 13.1 Å². The number of benzene rings is 1. The van der Waals surface area contributed by atoms with Crippen LogP contribution in [0.15, 0.2) is 18.2 Å². The van der Waals surface area contributed by atoms with Crippen LogP contribution in [-0.4, -0.2) is 35.8 Å². The molecule has 0 saturated carbocycles. The predicted molar refractivity (Wildman–Crippen MR) is 70.0 cm³/mol. The van der Waals surface area contributed by atoms with Crippen LogP contribution in [0.25, 0.3) is 0 Å². The Morgan fingerprint density at radius 3 is 2.83 bits per heavy atom. The largest absolute Gasteiger partial charge is 0.353 e. The number of rotatable bonds is 1. The van der Waals surface area contributed by atoms with E-state index in [0.717, 1.165) is 0 Å². The molecule has 1 unspecified atom stereocenters. The molecule has 18 heavy (non-hydrogen) atoms. The highest BCUT2D eigenvalue weighted by atomic mass is 35.5. The molecule has 0 spiro atoms. The Kier molecular flexibility index (Phi) is 3.78. The van der Waals surface area contributed by atoms with Gasteiger partial charge in [0.25, 0.3) is 5.91 Å². The molecule has 1 atom stereocenters. The zero-order valence-electron chi connectivity index (χ0n) is 9.74. The normalized spacial score (nSPS) is 19.6. The number of hydrogen-bond acceptors (Lipinski definition) is 2. The fraction of sp³-hybridized carbons (Fsp3) is 0.333. The monoisotopic (exact) mass is 286 g/mol. The number of nitrogens with zero attached hydrogens (tertiary/aromatic N) is 1. The summed E-state index contributed by atoms with van der Waals surface area (Å²) in [5.41, 5.74) is 0.364. The van der Waals surface area contributed by atoms with E-state index in [1.807, 2.05) is 0 Å². The number of nitrogens with one attached hydrogen (secondary N) is 1. The Labute approximate surface area is 115 Å². The van der Waals surface area contributed by atoms with Crippen LogP contribution in [0.3, 0.4) is 0 Å². The van der Waals surface area contributed by atoms with E-state index < -0.39 is 6.04 Å². The van der Waals surface area contributed by atoms with Crippen LogP contribution in [0.1, 0.15) is 17.3 Å². The molecule has 0 aliphatic carbocycles. The zero-order valence-corrected chi connectivity index (χ0v) is 11.3. The van der Waals surface area contributed by atoms with E-state index in [4.69, 9.17) is 23.2 Å². The summed E-state index contributed by atoms with van der Waals surface area (Å²) >= 11 is 11.8. The summed E-state index contributed by atoms with van der Waals surface area (Å²) in [4.78, 5) is 25.3. The molecule has 1 heterocycles. The lowest BCUT2D eigenvalue weighted by molar-refractivity contribution is -0.127. The molecular formula is C12H12Cl2N2O2. The molecule has 1 N–H and O–H groups in total. The minimum atomic E-state index is -0.488. The number of halogens is 2. The molecule has 1 aromatic carbocycles. The Morgan fingerprint density at radius 2 is 2.17 bits per heavy atom. The van der Waals surface area contributed by atoms with Gasteiger partial charge in [-0.3, -0.25) is 9.59 Å². The third-order valence-electron chi connectivity index (χ3n) is 2.92. The number of carbonyl (C=O) groups excluding carboxylic acids is 2. The van der Waals surface area contributed by atoms with Gasteiger partial charge < -0.3 is 10.2 Å². The molecule has 0 bridgehead atoms. The summed E-state index contributed by atoms with van der Waals surface area (Å²) in [5, 5.41) is 3.47. The van der Waals surface area contributed by atoms with E-state index >= 15 is 0 Å². The highest BCUT2D eigenvalue weighted by Crippen LogP contribution is 2.23. The summed E-state index contributed by atoms with van der Waals surface area (Å²) in [7, 11) is 0. The maximum absolute atomic E-state index is 12.3. The first kappa shape index (κ1) is 13.2. The molecule has 4 nitrogen and oxygen atoms in total. The number of carbonyl (C=O) groups is 2. The summed E-state index contributed by atoms with van der Waals surface area (Å²) in [6, 6.07) is 4.21. The van der Waals surface area contributed by atoms with Crippen molar-refractivity contribution in [3.05, 3.63) is 33.8 Å². The second-order valence-corrected chi connectivity index (χ2v) is 4.93. The van der Waals surface area contributed by atoms with Crippen molar-refractivity contribution >= 4 is 35.0 Å². The van der Waals surface area contributed by atoms with Crippen LogP contribution in [0.2, 0.25) is 10.0 Å². The summed E-state index contributed by atoms with van der Waals surface area (Å²) < 4.78 is 0. The zero-order chi connectivity index (χ0) is 13.3. The Balaban J connectivity index is 2.28. The van der Waals surface area contributed by atoms with Crippen LogP contribution in [0, 0.1) is 0 Å². The molecule has 1 aliphatic heterocycles. The minimum absolute atomic E-state index is 0.153. The SMILES string of the molecule is CC1C(=O)NCCN1C(=O)c1ccc(Cl)cc1Cl. The third-order valence-corrected chi connectivity index (χ3v) is 3.47. The Hall–Kier alpha value is -1.26. The van der Waals surface area contributed by atoms with Gasteiger partial charge in [-0.1, -0.05) is 23.2 Å². The number of piperazine rings is 1. The van der Waals surface area contributed by atoms with Crippen molar-refractivity contribution in [2.45, 2.75) is 13.0 Å². The van der Waals surface area contributed by atoms with E-state index in [1.54, 1.807) is 19.1 Å². The van der Waals surface area contributed by atoms with Gasteiger partial charge in [0, 0.05) is 18.1 Å². The first-order valence-electron chi connectivity index (χ1n) is 5.54. The van der Waals surface area contributed by atoms with Crippen molar-refractivity contribution in [2.24, 2.45) is 0 Å². The summed E-state index contributed by atoms with van der Waals surface area (Å²) in [6.45, 7) is 2.63. The Bertz CT molecular complexity index is 505. The van der Waals surface area contributed by atoms with Gasteiger partial charge in [-0.2, -0.15) is 0 Å². The molecule has 1 aliphatic rings. The van der Waals surface area contributed by atoms with Gasteiger partial charge >= 0.3 is 0 Å². The average molecular weight is 287 g/mol. The van der Waals surface area contributed by atoms with Gasteiger partial charge in [0.1, 0.15) is 6.04 Å². The van der Waals surface area contributed by atoms with E-state index in [1.165, 1.54) is 11.0 Å². The van der Waals surface area contributed by atoms with Gasteiger partial charge in [-0.05, 0) is 25.1 Å². The van der Waals surface area contributed by atoms with Gasteiger partial charge in [-0.25, -0.2) is 0 Å². The topological polar surface area (TPSA) is 49.4 Å². The van der Waals surface area contributed by atoms with Crippen molar-refractivity contribution in [1.82, 2.24) is 10.2 Å². The second kappa shape index (κ2) is 5.16. The lowest BCUT2D eigenvalue weighted by Gasteiger charge is -2.33. The van der Waals surface area contributed by atoms with Crippen molar-refractivity contribution in [3.63, 3.8) is 0 Å². The highest BCUT2D eigenvalue weighted by Gasteiger charge is 2.30. The second-order valence-electron chi connectivity index (χ2n) is 4.09. The molecule has 0 aromatic heterocycles. The summed E-state index contributed by atoms with van der Waals surface area (Å²) in [5.74, 6) is -0.404. The van der Waals surface area contributed by atoms with Crippen molar-refractivity contribution in [3.8, 4) is 0 Å². The van der Waals surface area contributed by atoms with Crippen LogP contribution < -0.4 is 5.32 Å². The fourth-order valence-electron chi connectivity index (χ4n) is 1.88. The third kappa shape index (κ3) is 2.44. The molecule has 96 valence electrons. The first-order valence-corrected chi connectivity index (χ1v) is 6.30. The van der Waals surface area contributed by atoms with Gasteiger partial charge in [-0.15, -0.1) is 0 Å². The minimum Gasteiger partial charge on any atom is -0.353 e. The van der Waals surface area contributed by atoms with Crippen LogP contribution >= 0.6 is 23.2 Å². The molecule has 1 saturated heterocycles. The lowest BCUT2D eigenvalue weighted by Crippen LogP contribution is -2.55. The summed E-state index contributed by atoms with van der Waals surface area (Å²) in [6.07, 6.45) is 0. The van der Waals surface area contributed by atoms with E-state index in [2.05, 4.69) is 5.32 Å². The highest BCUT2D eigenvalue weighted by molar-refractivity contribution is 6.36. The van der Waals surface area contributed by atoms with E-state index in [0.29, 0.717) is 28.7 Å². The fourth-order valence-corrected chi connectivity index (χ4v) is 2.37. The molecule has 1 aromatic rings. The maximum Gasteiger partial charge on any atom is 0.256 e. The molecule has 1 fully saturated rings. The molecule has 0 radical (unpaired) electrons. The standard InChI is InChI=1S/C12H12Cl2N2O2/c1-7-11(17)15-4-5-16(7)12(18)9-3-2-8(13)6-10(9)14/h2-3,6-7H,4-5H2,1H3,(H,15,17). The van der Waals surface area contributed by atoms with E-state index in [9.17, 15) is 9.59 Å². The van der Waals surface area contributed by atoms with Crippen LogP contribution in [0.4, 0.5) is 0 Å². The van der Waals surface area contributed by atoms with Gasteiger partial charge in [0.15, 0.2) is 0 Å². The predicted octanol–water partition coefficient (Wildman–Crippen LogP) is 1.95. The maximum atomic E-state index is 12.3. The van der Waals surface area contributed by atoms with Crippen LogP contribution in [0.5, 0.6) is 0 Å². The average Bonchev–Trinajstić information content (AvgIpc) is 2.32. The smallest absolute Gasteiger partial charge is 0.256 e. The van der Waals surface area contributed by atoms with Crippen molar-refractivity contribution < 1.29 is 9.59 Å². The molecular weight excluding hydrogens is 275 g/mol. The number of hydrogen-bond donors (Lipinski definition) is 1.